The lowest BCUT2D eigenvalue weighted by molar-refractivity contribution is -0.115. The zero-order valence-electron chi connectivity index (χ0n) is 12.8. The summed E-state index contributed by atoms with van der Waals surface area (Å²) in [6.07, 6.45) is 0.722. The fourth-order valence-corrected chi connectivity index (χ4v) is 2.59. The first-order valence-electron chi connectivity index (χ1n) is 7.05. The number of anilines is 1. The van der Waals surface area contributed by atoms with Crippen molar-refractivity contribution in [2.45, 2.75) is 13.3 Å². The molecule has 0 atom stereocenters. The zero-order chi connectivity index (χ0) is 15.8. The summed E-state index contributed by atoms with van der Waals surface area (Å²) in [6.45, 7) is 3.50. The van der Waals surface area contributed by atoms with Gasteiger partial charge in [-0.1, -0.05) is 41.2 Å². The van der Waals surface area contributed by atoms with E-state index in [-0.39, 0.29) is 12.5 Å². The minimum atomic E-state index is -0.130. The van der Waals surface area contributed by atoms with Crippen molar-refractivity contribution in [1.29, 1.82) is 0 Å². The van der Waals surface area contributed by atoms with Gasteiger partial charge in [-0.15, -0.1) is 10.2 Å². The van der Waals surface area contributed by atoms with Crippen molar-refractivity contribution in [2.75, 3.05) is 32.1 Å². The molecule has 1 amide bonds. The first-order valence-corrected chi connectivity index (χ1v) is 7.86. The molecular formula is C15H20N4O2S. The highest BCUT2D eigenvalue weighted by Crippen LogP contribution is 2.18. The molecule has 0 aliphatic carbocycles. The number of aromatic nitrogens is 2. The molecule has 118 valence electrons. The number of rotatable bonds is 8. The Balaban J connectivity index is 1.80. The summed E-state index contributed by atoms with van der Waals surface area (Å²) in [7, 11) is 1.62. The second kappa shape index (κ2) is 8.57. The molecule has 0 unspecified atom stereocenters. The van der Waals surface area contributed by atoms with Crippen molar-refractivity contribution >= 4 is 22.4 Å². The van der Waals surface area contributed by atoms with E-state index in [9.17, 15) is 4.79 Å². The van der Waals surface area contributed by atoms with Crippen LogP contribution >= 0.6 is 11.3 Å². The molecular weight excluding hydrogens is 300 g/mol. The van der Waals surface area contributed by atoms with Crippen LogP contribution in [0.3, 0.4) is 0 Å². The van der Waals surface area contributed by atoms with Gasteiger partial charge in [0.1, 0.15) is 5.01 Å². The minimum Gasteiger partial charge on any atom is -0.383 e. The van der Waals surface area contributed by atoms with E-state index >= 15 is 0 Å². The predicted octanol–water partition coefficient (Wildman–Crippen LogP) is 1.61. The smallest absolute Gasteiger partial charge is 0.240 e. The van der Waals surface area contributed by atoms with Gasteiger partial charge >= 0.3 is 0 Å². The number of methoxy groups -OCH3 is 1. The van der Waals surface area contributed by atoms with E-state index < -0.39 is 0 Å². The topological polar surface area (TPSA) is 76.1 Å². The van der Waals surface area contributed by atoms with E-state index in [1.807, 2.05) is 0 Å². The molecule has 0 aliphatic heterocycles. The Kier molecular flexibility index (Phi) is 6.45. The van der Waals surface area contributed by atoms with Crippen LogP contribution in [0.1, 0.15) is 16.1 Å². The van der Waals surface area contributed by atoms with Crippen molar-refractivity contribution in [1.82, 2.24) is 15.5 Å². The van der Waals surface area contributed by atoms with Gasteiger partial charge < -0.3 is 10.1 Å². The molecule has 2 rings (SSSR count). The number of carbonyl (C=O) groups is 1. The molecule has 6 nitrogen and oxygen atoms in total. The molecule has 0 saturated carbocycles. The van der Waals surface area contributed by atoms with Gasteiger partial charge in [0.2, 0.25) is 11.0 Å². The van der Waals surface area contributed by atoms with Crippen molar-refractivity contribution in [3.05, 3.63) is 40.4 Å². The number of carbonyl (C=O) groups excluding carboxylic acids is 1. The number of nitrogens with zero attached hydrogens (tertiary/aromatic N) is 2. The third-order valence-electron chi connectivity index (χ3n) is 2.96. The summed E-state index contributed by atoms with van der Waals surface area (Å²) in [5.74, 6) is -0.130. The standard InChI is InChI=1S/C15H20N4O2S/c1-11-3-5-12(6-4-11)9-14-18-19-15(22-14)17-13(20)10-16-7-8-21-2/h3-6,16H,7-10H2,1-2H3,(H,17,19,20). The Morgan fingerprint density at radius 3 is 2.77 bits per heavy atom. The van der Waals surface area contributed by atoms with Gasteiger partial charge in [0.05, 0.1) is 13.2 Å². The van der Waals surface area contributed by atoms with Crippen LogP contribution in [0.4, 0.5) is 5.13 Å². The minimum absolute atomic E-state index is 0.130. The van der Waals surface area contributed by atoms with Crippen LogP contribution in [0.5, 0.6) is 0 Å². The second-order valence-corrected chi connectivity index (χ2v) is 5.94. The first kappa shape index (κ1) is 16.5. The molecule has 7 heteroatoms. The lowest BCUT2D eigenvalue weighted by Crippen LogP contribution is -2.30. The summed E-state index contributed by atoms with van der Waals surface area (Å²) in [4.78, 5) is 11.7. The van der Waals surface area contributed by atoms with Crippen LogP contribution in [0.15, 0.2) is 24.3 Å². The molecule has 22 heavy (non-hydrogen) atoms. The number of aryl methyl sites for hydroxylation is 1. The Hall–Kier alpha value is -1.83. The van der Waals surface area contributed by atoms with Crippen LogP contribution in [0.2, 0.25) is 0 Å². The maximum atomic E-state index is 11.7. The molecule has 0 fully saturated rings. The van der Waals surface area contributed by atoms with Gasteiger partial charge in [0, 0.05) is 20.1 Å². The number of hydrogen-bond acceptors (Lipinski definition) is 6. The van der Waals surface area contributed by atoms with Gasteiger partial charge in [-0.2, -0.15) is 0 Å². The highest BCUT2D eigenvalue weighted by Gasteiger charge is 2.08. The molecule has 1 heterocycles. The summed E-state index contributed by atoms with van der Waals surface area (Å²) >= 11 is 1.40. The molecule has 0 bridgehead atoms. The first-order chi connectivity index (χ1) is 10.7. The second-order valence-electron chi connectivity index (χ2n) is 4.88. The summed E-state index contributed by atoms with van der Waals surface area (Å²) in [5.41, 5.74) is 2.41. The van der Waals surface area contributed by atoms with E-state index in [0.29, 0.717) is 18.3 Å². The third kappa shape index (κ3) is 5.51. The van der Waals surface area contributed by atoms with Gasteiger partial charge in [-0.25, -0.2) is 0 Å². The molecule has 2 aromatic rings. The van der Waals surface area contributed by atoms with Crippen LogP contribution in [0, 0.1) is 6.92 Å². The largest absolute Gasteiger partial charge is 0.383 e. The van der Waals surface area contributed by atoms with E-state index in [0.717, 1.165) is 11.4 Å². The summed E-state index contributed by atoms with van der Waals surface area (Å²) in [6, 6.07) is 8.30. The number of ether oxygens (including phenoxy) is 1. The molecule has 2 N–H and O–H groups in total. The van der Waals surface area contributed by atoms with Crippen molar-refractivity contribution < 1.29 is 9.53 Å². The average molecular weight is 320 g/mol. The monoisotopic (exact) mass is 320 g/mol. The predicted molar refractivity (Wildman–Crippen MR) is 87.3 cm³/mol. The average Bonchev–Trinajstić information content (AvgIpc) is 2.93. The van der Waals surface area contributed by atoms with Crippen LogP contribution in [-0.4, -0.2) is 42.9 Å². The number of amides is 1. The normalized spacial score (nSPS) is 10.6. The van der Waals surface area contributed by atoms with Gasteiger partial charge in [-0.05, 0) is 12.5 Å². The highest BCUT2D eigenvalue weighted by atomic mass is 32.1. The number of hydrogen-bond donors (Lipinski definition) is 2. The lowest BCUT2D eigenvalue weighted by Gasteiger charge is -2.03. The SMILES string of the molecule is COCCNCC(=O)Nc1nnc(Cc2ccc(C)cc2)s1. The third-order valence-corrected chi connectivity index (χ3v) is 3.80. The molecule has 0 spiro atoms. The maximum Gasteiger partial charge on any atom is 0.240 e. The van der Waals surface area contributed by atoms with Crippen molar-refractivity contribution in [3.63, 3.8) is 0 Å². The highest BCUT2D eigenvalue weighted by molar-refractivity contribution is 7.15. The van der Waals surface area contributed by atoms with Crippen molar-refractivity contribution in [3.8, 4) is 0 Å². The van der Waals surface area contributed by atoms with Crippen LogP contribution in [-0.2, 0) is 16.0 Å². The molecule has 1 aromatic carbocycles. The van der Waals surface area contributed by atoms with Gasteiger partial charge in [0.15, 0.2) is 0 Å². The zero-order valence-corrected chi connectivity index (χ0v) is 13.6. The summed E-state index contributed by atoms with van der Waals surface area (Å²) in [5, 5.41) is 15.2. The molecule has 0 saturated heterocycles. The Morgan fingerprint density at radius 2 is 2.05 bits per heavy atom. The Morgan fingerprint density at radius 1 is 1.27 bits per heavy atom. The Labute approximate surface area is 133 Å². The lowest BCUT2D eigenvalue weighted by atomic mass is 10.1. The van der Waals surface area contributed by atoms with E-state index in [1.54, 1.807) is 7.11 Å². The van der Waals surface area contributed by atoms with Gasteiger partial charge in [-0.3, -0.25) is 10.1 Å². The fourth-order valence-electron chi connectivity index (χ4n) is 1.80. The quantitative estimate of drug-likeness (QED) is 0.723. The van der Waals surface area contributed by atoms with Crippen LogP contribution < -0.4 is 10.6 Å². The van der Waals surface area contributed by atoms with E-state index in [4.69, 9.17) is 4.74 Å². The molecule has 0 radical (unpaired) electrons. The van der Waals surface area contributed by atoms with E-state index in [1.165, 1.54) is 22.5 Å². The van der Waals surface area contributed by atoms with Gasteiger partial charge in [0.25, 0.3) is 0 Å². The van der Waals surface area contributed by atoms with E-state index in [2.05, 4.69) is 52.0 Å². The molecule has 0 aliphatic rings. The van der Waals surface area contributed by atoms with Crippen molar-refractivity contribution in [2.24, 2.45) is 0 Å². The maximum absolute atomic E-state index is 11.7. The Bertz CT molecular complexity index is 598. The van der Waals surface area contributed by atoms with Crippen LogP contribution in [0.25, 0.3) is 0 Å². The molecule has 1 aromatic heterocycles. The fraction of sp³-hybridized carbons (Fsp3) is 0.400. The number of nitrogens with one attached hydrogen (secondary N) is 2. The number of benzene rings is 1. The summed E-state index contributed by atoms with van der Waals surface area (Å²) < 4.78 is 4.89.